The van der Waals surface area contributed by atoms with E-state index in [1.807, 2.05) is 36.4 Å². The zero-order valence-electron chi connectivity index (χ0n) is 11.3. The summed E-state index contributed by atoms with van der Waals surface area (Å²) in [7, 11) is 0. The molecule has 0 unspecified atom stereocenters. The molecule has 1 aliphatic rings. The van der Waals surface area contributed by atoms with E-state index >= 15 is 0 Å². The van der Waals surface area contributed by atoms with E-state index in [1.165, 1.54) is 0 Å². The van der Waals surface area contributed by atoms with Crippen molar-refractivity contribution in [1.82, 2.24) is 0 Å². The van der Waals surface area contributed by atoms with E-state index in [9.17, 15) is 4.79 Å². The molecule has 2 aromatic rings. The van der Waals surface area contributed by atoms with Crippen LogP contribution in [0.4, 0.5) is 5.69 Å². The summed E-state index contributed by atoms with van der Waals surface area (Å²) in [6.07, 6.45) is 0. The summed E-state index contributed by atoms with van der Waals surface area (Å²) < 4.78 is 11.9. The molecule has 0 atom stereocenters. The molecule has 1 N–H and O–H groups in total. The average Bonchev–Trinajstić information content (AvgIpc) is 2.53. The molecule has 0 saturated heterocycles. The van der Waals surface area contributed by atoms with Gasteiger partial charge in [0.2, 0.25) is 0 Å². The first kappa shape index (κ1) is 13.9. The molecule has 5 heteroatoms. The first-order valence-electron chi connectivity index (χ1n) is 6.66. The molecule has 2 aromatic carbocycles. The van der Waals surface area contributed by atoms with Crippen molar-refractivity contribution in [2.75, 3.05) is 18.5 Å². The van der Waals surface area contributed by atoms with Gasteiger partial charge in [0.15, 0.2) is 5.75 Å². The predicted octanol–water partition coefficient (Wildman–Crippen LogP) is 3.61. The predicted molar refractivity (Wildman–Crippen MR) is 83.7 cm³/mol. The second-order valence-electron chi connectivity index (χ2n) is 4.63. The number of fused-ring (bicyclic) bond motifs is 1. The number of ether oxygens (including phenoxy) is 2. The maximum Gasteiger partial charge on any atom is 0.342 e. The van der Waals surface area contributed by atoms with Crippen LogP contribution in [0.2, 0.25) is 0 Å². The van der Waals surface area contributed by atoms with Gasteiger partial charge in [-0.1, -0.05) is 40.2 Å². The Labute approximate surface area is 131 Å². The van der Waals surface area contributed by atoms with E-state index in [1.54, 1.807) is 6.07 Å². The monoisotopic (exact) mass is 347 g/mol. The summed E-state index contributed by atoms with van der Waals surface area (Å²) in [6.45, 7) is 1.50. The van der Waals surface area contributed by atoms with Crippen LogP contribution in [0.1, 0.15) is 15.9 Å². The fraction of sp³-hybridized carbons (Fsp3) is 0.188. The average molecular weight is 348 g/mol. The van der Waals surface area contributed by atoms with E-state index < -0.39 is 0 Å². The van der Waals surface area contributed by atoms with Crippen LogP contribution in [-0.2, 0) is 11.3 Å². The van der Waals surface area contributed by atoms with Gasteiger partial charge in [-0.25, -0.2) is 4.79 Å². The lowest BCUT2D eigenvalue weighted by Crippen LogP contribution is -2.20. The van der Waals surface area contributed by atoms with Crippen LogP contribution >= 0.6 is 15.9 Å². The molecule has 0 spiro atoms. The fourth-order valence-corrected chi connectivity index (χ4v) is 2.57. The van der Waals surface area contributed by atoms with Gasteiger partial charge in [0.1, 0.15) is 18.8 Å². The fourth-order valence-electron chi connectivity index (χ4n) is 2.17. The van der Waals surface area contributed by atoms with Crippen molar-refractivity contribution in [1.29, 1.82) is 0 Å². The Morgan fingerprint density at radius 2 is 2.10 bits per heavy atom. The number of rotatable bonds is 3. The number of esters is 1. The minimum atomic E-state index is -0.383. The van der Waals surface area contributed by atoms with Gasteiger partial charge in [-0.15, -0.1) is 0 Å². The highest BCUT2D eigenvalue weighted by molar-refractivity contribution is 9.10. The van der Waals surface area contributed by atoms with Gasteiger partial charge < -0.3 is 14.8 Å². The van der Waals surface area contributed by atoms with Gasteiger partial charge in [-0.3, -0.25) is 0 Å². The molecule has 21 heavy (non-hydrogen) atoms. The summed E-state index contributed by atoms with van der Waals surface area (Å²) in [5.74, 6) is 0.187. The van der Waals surface area contributed by atoms with Gasteiger partial charge in [-0.2, -0.15) is 0 Å². The highest BCUT2D eigenvalue weighted by Gasteiger charge is 2.20. The number of benzene rings is 2. The maximum absolute atomic E-state index is 12.3. The van der Waals surface area contributed by atoms with Crippen molar-refractivity contribution in [3.63, 3.8) is 0 Å². The van der Waals surface area contributed by atoms with Crippen molar-refractivity contribution in [2.24, 2.45) is 0 Å². The molecular formula is C16H14BrNO3. The minimum Gasteiger partial charge on any atom is -0.489 e. The van der Waals surface area contributed by atoms with Crippen LogP contribution in [0.5, 0.6) is 5.75 Å². The Bertz CT molecular complexity index is 672. The Balaban J connectivity index is 1.76. The third-order valence-corrected chi connectivity index (χ3v) is 3.99. The summed E-state index contributed by atoms with van der Waals surface area (Å²) in [5, 5.41) is 3.20. The minimum absolute atomic E-state index is 0.220. The van der Waals surface area contributed by atoms with E-state index in [4.69, 9.17) is 9.47 Å². The van der Waals surface area contributed by atoms with Gasteiger partial charge >= 0.3 is 5.97 Å². The Hall–Kier alpha value is -2.01. The van der Waals surface area contributed by atoms with Gasteiger partial charge in [-0.05, 0) is 18.2 Å². The van der Waals surface area contributed by atoms with E-state index in [0.29, 0.717) is 17.9 Å². The molecule has 1 heterocycles. The summed E-state index contributed by atoms with van der Waals surface area (Å²) >= 11 is 3.44. The third-order valence-electron chi connectivity index (χ3n) is 3.22. The largest absolute Gasteiger partial charge is 0.489 e. The number of anilines is 1. The molecule has 0 radical (unpaired) electrons. The number of carbonyl (C=O) groups is 1. The maximum atomic E-state index is 12.3. The molecular weight excluding hydrogens is 334 g/mol. The third kappa shape index (κ3) is 3.03. The summed E-state index contributed by atoms with van der Waals surface area (Å²) in [4.78, 5) is 12.3. The molecule has 3 rings (SSSR count). The molecule has 1 aliphatic heterocycles. The standard InChI is InChI=1S/C16H14BrNO3/c17-13-6-2-1-4-11(13)10-21-16(19)12-5-3-7-14-15(12)20-9-8-18-14/h1-7,18H,8-10H2. The van der Waals surface area contributed by atoms with Gasteiger partial charge in [0, 0.05) is 16.6 Å². The van der Waals surface area contributed by atoms with E-state index in [-0.39, 0.29) is 12.6 Å². The first-order valence-corrected chi connectivity index (χ1v) is 7.45. The first-order chi connectivity index (χ1) is 10.3. The number of hydrogen-bond acceptors (Lipinski definition) is 4. The summed E-state index contributed by atoms with van der Waals surface area (Å²) in [5.41, 5.74) is 2.21. The molecule has 0 aliphatic carbocycles. The number of para-hydroxylation sites is 1. The molecule has 0 saturated carbocycles. The number of nitrogens with one attached hydrogen (secondary N) is 1. The Morgan fingerprint density at radius 3 is 2.95 bits per heavy atom. The second-order valence-corrected chi connectivity index (χ2v) is 5.48. The molecule has 0 amide bonds. The van der Waals surface area contributed by atoms with Crippen molar-refractivity contribution in [3.8, 4) is 5.75 Å². The molecule has 0 fully saturated rings. The van der Waals surface area contributed by atoms with Gasteiger partial charge in [0.25, 0.3) is 0 Å². The Kier molecular flexibility index (Phi) is 4.10. The highest BCUT2D eigenvalue weighted by atomic mass is 79.9. The molecule has 108 valence electrons. The van der Waals surface area contributed by atoms with Crippen LogP contribution in [0.25, 0.3) is 0 Å². The van der Waals surface area contributed by atoms with Crippen molar-refractivity contribution in [3.05, 3.63) is 58.1 Å². The topological polar surface area (TPSA) is 47.6 Å². The summed E-state index contributed by atoms with van der Waals surface area (Å²) in [6, 6.07) is 13.1. The number of hydrogen-bond donors (Lipinski definition) is 1. The lowest BCUT2D eigenvalue weighted by Gasteiger charge is -2.21. The highest BCUT2D eigenvalue weighted by Crippen LogP contribution is 2.31. The van der Waals surface area contributed by atoms with Crippen LogP contribution in [0.15, 0.2) is 46.9 Å². The smallest absolute Gasteiger partial charge is 0.342 e. The van der Waals surface area contributed by atoms with Crippen molar-refractivity contribution >= 4 is 27.6 Å². The number of halogens is 1. The second kappa shape index (κ2) is 6.18. The van der Waals surface area contributed by atoms with Crippen LogP contribution < -0.4 is 10.1 Å². The van der Waals surface area contributed by atoms with E-state index in [0.717, 1.165) is 22.3 Å². The quantitative estimate of drug-likeness (QED) is 0.861. The lowest BCUT2D eigenvalue weighted by atomic mass is 10.1. The Morgan fingerprint density at radius 1 is 1.24 bits per heavy atom. The SMILES string of the molecule is O=C(OCc1ccccc1Br)c1cccc2c1OCCN2. The zero-order chi connectivity index (χ0) is 14.7. The van der Waals surface area contributed by atoms with Crippen LogP contribution in [0.3, 0.4) is 0 Å². The van der Waals surface area contributed by atoms with Crippen molar-refractivity contribution in [2.45, 2.75) is 6.61 Å². The normalized spacial score (nSPS) is 12.8. The molecule has 0 bridgehead atoms. The zero-order valence-corrected chi connectivity index (χ0v) is 12.9. The van der Waals surface area contributed by atoms with Crippen molar-refractivity contribution < 1.29 is 14.3 Å². The van der Waals surface area contributed by atoms with Gasteiger partial charge in [0.05, 0.1) is 5.69 Å². The van der Waals surface area contributed by atoms with Crippen LogP contribution in [-0.4, -0.2) is 19.1 Å². The lowest BCUT2D eigenvalue weighted by molar-refractivity contribution is 0.0467. The van der Waals surface area contributed by atoms with Crippen LogP contribution in [0, 0.1) is 0 Å². The molecule has 0 aromatic heterocycles. The molecule has 4 nitrogen and oxygen atoms in total. The number of carbonyl (C=O) groups excluding carboxylic acids is 1. The van der Waals surface area contributed by atoms with E-state index in [2.05, 4.69) is 21.2 Å².